The van der Waals surface area contributed by atoms with Crippen molar-refractivity contribution in [1.29, 1.82) is 0 Å². The zero-order valence-electron chi connectivity index (χ0n) is 10.7. The topological polar surface area (TPSA) is 41.1 Å². The van der Waals surface area contributed by atoms with Gasteiger partial charge in [-0.05, 0) is 30.5 Å². The number of hydrazine groups is 1. The largest absolute Gasteiger partial charge is 0.422 e. The molecule has 1 heterocycles. The summed E-state index contributed by atoms with van der Waals surface area (Å²) in [6.45, 7) is 0.132. The third kappa shape index (κ3) is 3.78. The highest BCUT2D eigenvalue weighted by Gasteiger charge is 2.37. The van der Waals surface area contributed by atoms with Crippen molar-refractivity contribution >= 4 is 5.78 Å². The number of aryl methyl sites for hydroxylation is 1. The Hall–Kier alpha value is -1.96. The van der Waals surface area contributed by atoms with Gasteiger partial charge in [-0.25, -0.2) is 14.2 Å². The lowest BCUT2D eigenvalue weighted by atomic mass is 10.0. The van der Waals surface area contributed by atoms with Crippen molar-refractivity contribution in [3.63, 3.8) is 0 Å². The van der Waals surface area contributed by atoms with Gasteiger partial charge >= 0.3 is 6.18 Å². The van der Waals surface area contributed by atoms with E-state index >= 15 is 0 Å². The molecule has 0 aliphatic carbocycles. The van der Waals surface area contributed by atoms with Gasteiger partial charge in [-0.15, -0.1) is 0 Å². The highest BCUT2D eigenvalue weighted by molar-refractivity contribution is 5.92. The molecule has 1 aromatic carbocycles. The molecule has 0 saturated carbocycles. The molecule has 21 heavy (non-hydrogen) atoms. The lowest BCUT2D eigenvalue weighted by Gasteiger charge is -2.16. The molecule has 0 fully saturated rings. The standard InChI is InChI=1S/C13H11F5N2O/c14-10-3-7(4-11(15)12(10)13(16,17)18)1-2-8-5-9(21)6-19-20-8/h3-5,19-20H,1-2,6H2. The van der Waals surface area contributed by atoms with E-state index in [1.807, 2.05) is 0 Å². The summed E-state index contributed by atoms with van der Waals surface area (Å²) in [5, 5.41) is 0. The number of rotatable bonds is 3. The number of carbonyl (C=O) groups is 1. The molecule has 1 aliphatic heterocycles. The minimum Gasteiger partial charge on any atom is -0.325 e. The first-order valence-corrected chi connectivity index (χ1v) is 6.05. The van der Waals surface area contributed by atoms with E-state index in [4.69, 9.17) is 0 Å². The molecule has 0 atom stereocenters. The van der Waals surface area contributed by atoms with E-state index in [9.17, 15) is 26.7 Å². The normalized spacial score (nSPS) is 15.7. The maximum atomic E-state index is 13.4. The van der Waals surface area contributed by atoms with Gasteiger partial charge in [0.25, 0.3) is 0 Å². The second-order valence-corrected chi connectivity index (χ2v) is 4.55. The van der Waals surface area contributed by atoms with Crippen molar-refractivity contribution < 1.29 is 26.7 Å². The number of ketones is 1. The molecule has 0 amide bonds. The first-order chi connectivity index (χ1) is 9.77. The maximum absolute atomic E-state index is 13.4. The van der Waals surface area contributed by atoms with Gasteiger partial charge in [-0.1, -0.05) is 0 Å². The summed E-state index contributed by atoms with van der Waals surface area (Å²) in [7, 11) is 0. The molecule has 0 aromatic heterocycles. The van der Waals surface area contributed by atoms with Crippen LogP contribution in [0.15, 0.2) is 23.9 Å². The van der Waals surface area contributed by atoms with Crippen LogP contribution in [-0.4, -0.2) is 12.3 Å². The number of benzene rings is 1. The molecule has 2 N–H and O–H groups in total. The number of hydrogen-bond donors (Lipinski definition) is 2. The van der Waals surface area contributed by atoms with Gasteiger partial charge in [0.05, 0.1) is 6.54 Å². The summed E-state index contributed by atoms with van der Waals surface area (Å²) in [5.41, 5.74) is 4.01. The van der Waals surface area contributed by atoms with Crippen molar-refractivity contribution in [2.24, 2.45) is 0 Å². The molecule has 0 spiro atoms. The van der Waals surface area contributed by atoms with E-state index in [2.05, 4.69) is 10.9 Å². The Morgan fingerprint density at radius 2 is 1.71 bits per heavy atom. The first kappa shape index (κ1) is 15.4. The fraction of sp³-hybridized carbons (Fsp3) is 0.308. The average molecular weight is 306 g/mol. The van der Waals surface area contributed by atoms with Gasteiger partial charge < -0.3 is 5.43 Å². The Balaban J connectivity index is 2.14. The molecule has 3 nitrogen and oxygen atoms in total. The Morgan fingerprint density at radius 3 is 2.24 bits per heavy atom. The molecule has 1 aliphatic rings. The first-order valence-electron chi connectivity index (χ1n) is 6.05. The number of nitrogens with one attached hydrogen (secondary N) is 2. The fourth-order valence-corrected chi connectivity index (χ4v) is 1.98. The maximum Gasteiger partial charge on any atom is 0.422 e. The van der Waals surface area contributed by atoms with Gasteiger partial charge in [0.1, 0.15) is 17.2 Å². The highest BCUT2D eigenvalue weighted by atomic mass is 19.4. The van der Waals surface area contributed by atoms with Crippen molar-refractivity contribution in [3.8, 4) is 0 Å². The lowest BCUT2D eigenvalue weighted by molar-refractivity contribution is -0.142. The van der Waals surface area contributed by atoms with Gasteiger partial charge in [0.15, 0.2) is 5.78 Å². The van der Waals surface area contributed by atoms with E-state index in [1.54, 1.807) is 0 Å². The Bertz CT molecular complexity index is 572. The van der Waals surface area contributed by atoms with Crippen LogP contribution < -0.4 is 10.9 Å². The molecule has 8 heteroatoms. The summed E-state index contributed by atoms with van der Waals surface area (Å²) < 4.78 is 64.0. The smallest absolute Gasteiger partial charge is 0.325 e. The van der Waals surface area contributed by atoms with E-state index in [0.29, 0.717) is 17.8 Å². The molecule has 0 saturated heterocycles. The minimum atomic E-state index is -5.07. The van der Waals surface area contributed by atoms with E-state index in [-0.39, 0.29) is 30.7 Å². The average Bonchev–Trinajstić information content (AvgIpc) is 2.34. The monoisotopic (exact) mass is 306 g/mol. The SMILES string of the molecule is O=C1C=C(CCc2cc(F)c(C(F)(F)F)c(F)c2)NNC1. The van der Waals surface area contributed by atoms with E-state index in [1.165, 1.54) is 6.08 Å². The molecule has 114 valence electrons. The molecular formula is C13H11F5N2O. The van der Waals surface area contributed by atoms with Crippen LogP contribution in [0.5, 0.6) is 0 Å². The number of allylic oxidation sites excluding steroid dienone is 1. The number of hydrogen-bond acceptors (Lipinski definition) is 3. The molecule has 0 bridgehead atoms. The molecule has 0 radical (unpaired) electrons. The van der Waals surface area contributed by atoms with Crippen LogP contribution in [0.4, 0.5) is 22.0 Å². The molecule has 2 rings (SSSR count). The van der Waals surface area contributed by atoms with Crippen LogP contribution in [0, 0.1) is 11.6 Å². The van der Waals surface area contributed by atoms with Crippen molar-refractivity contribution in [1.82, 2.24) is 10.9 Å². The zero-order chi connectivity index (χ0) is 15.6. The van der Waals surface area contributed by atoms with Crippen molar-refractivity contribution in [2.45, 2.75) is 19.0 Å². The van der Waals surface area contributed by atoms with E-state index in [0.717, 1.165) is 0 Å². The third-order valence-corrected chi connectivity index (χ3v) is 2.92. The van der Waals surface area contributed by atoms with Gasteiger partial charge in [-0.2, -0.15) is 13.2 Å². The summed E-state index contributed by atoms with van der Waals surface area (Å²) in [5.74, 6) is -3.44. The second kappa shape index (κ2) is 5.80. The van der Waals surface area contributed by atoms with Crippen LogP contribution in [0.3, 0.4) is 0 Å². The summed E-state index contributed by atoms with van der Waals surface area (Å²) in [6, 6.07) is 1.31. The predicted molar refractivity (Wildman–Crippen MR) is 63.9 cm³/mol. The van der Waals surface area contributed by atoms with Crippen molar-refractivity contribution in [3.05, 3.63) is 46.7 Å². The zero-order valence-corrected chi connectivity index (χ0v) is 10.7. The van der Waals surface area contributed by atoms with Gasteiger partial charge in [0, 0.05) is 11.8 Å². The van der Waals surface area contributed by atoms with Crippen molar-refractivity contribution in [2.75, 3.05) is 6.54 Å². The summed E-state index contributed by atoms with van der Waals surface area (Å²) >= 11 is 0. The Morgan fingerprint density at radius 1 is 1.10 bits per heavy atom. The predicted octanol–water partition coefficient (Wildman–Crippen LogP) is 2.48. The minimum absolute atomic E-state index is 0.0822. The quantitative estimate of drug-likeness (QED) is 0.843. The lowest BCUT2D eigenvalue weighted by Crippen LogP contribution is -2.39. The second-order valence-electron chi connectivity index (χ2n) is 4.55. The number of alkyl halides is 3. The van der Waals surface area contributed by atoms with Crippen LogP contribution in [0.1, 0.15) is 17.5 Å². The van der Waals surface area contributed by atoms with Crippen LogP contribution >= 0.6 is 0 Å². The van der Waals surface area contributed by atoms with Gasteiger partial charge in [0.2, 0.25) is 0 Å². The summed E-state index contributed by atoms with van der Waals surface area (Å²) in [4.78, 5) is 11.1. The molecule has 1 aromatic rings. The van der Waals surface area contributed by atoms with Crippen LogP contribution in [-0.2, 0) is 17.4 Å². The fourth-order valence-electron chi connectivity index (χ4n) is 1.98. The third-order valence-electron chi connectivity index (χ3n) is 2.92. The van der Waals surface area contributed by atoms with Crippen LogP contribution in [0.2, 0.25) is 0 Å². The van der Waals surface area contributed by atoms with Gasteiger partial charge in [-0.3, -0.25) is 4.79 Å². The summed E-state index contributed by atoms with van der Waals surface area (Å²) in [6.07, 6.45) is -3.40. The van der Waals surface area contributed by atoms with Crippen LogP contribution in [0.25, 0.3) is 0 Å². The highest BCUT2D eigenvalue weighted by Crippen LogP contribution is 2.34. The number of carbonyl (C=O) groups excluding carboxylic acids is 1. The Kier molecular flexibility index (Phi) is 4.26. The molecular weight excluding hydrogens is 295 g/mol. The van der Waals surface area contributed by atoms with E-state index < -0.39 is 23.4 Å². The number of halogens is 5. The Labute approximate surface area is 116 Å². The molecule has 0 unspecified atom stereocenters.